The largest absolute Gasteiger partial charge is 0.385 e. The third kappa shape index (κ3) is 6.02. The van der Waals surface area contributed by atoms with Crippen LogP contribution in [0.3, 0.4) is 0 Å². The highest BCUT2D eigenvalue weighted by atomic mass is 19.3. The Kier molecular flexibility index (Phi) is 8.29. The number of alkyl halides is 2. The van der Waals surface area contributed by atoms with Crippen molar-refractivity contribution in [1.82, 2.24) is 15.0 Å². The minimum atomic E-state index is -2.95. The predicted molar refractivity (Wildman–Crippen MR) is 144 cm³/mol. The van der Waals surface area contributed by atoms with Crippen molar-refractivity contribution in [2.24, 2.45) is 21.3 Å². The lowest BCUT2D eigenvalue weighted by molar-refractivity contribution is 0.0718. The molecule has 0 spiro atoms. The lowest BCUT2D eigenvalue weighted by Crippen LogP contribution is -2.32. The van der Waals surface area contributed by atoms with E-state index in [1.165, 1.54) is 17.7 Å². The summed E-state index contributed by atoms with van der Waals surface area (Å²) in [5.41, 5.74) is 2.31. The molecule has 1 aliphatic carbocycles. The first-order chi connectivity index (χ1) is 17.8. The molecule has 3 aromatic rings. The molecule has 1 aliphatic rings. The van der Waals surface area contributed by atoms with Crippen molar-refractivity contribution in [3.8, 4) is 5.69 Å². The second-order valence-corrected chi connectivity index (χ2v) is 10.1. The molecular weight excluding hydrogens is 477 g/mol. The van der Waals surface area contributed by atoms with E-state index < -0.39 is 5.92 Å². The zero-order chi connectivity index (χ0) is 26.5. The molecule has 2 aromatic carbocycles. The number of benzene rings is 2. The number of aromatic nitrogens is 3. The average molecular weight is 513 g/mol. The van der Waals surface area contributed by atoms with Gasteiger partial charge in [0.05, 0.1) is 12.1 Å². The molecule has 37 heavy (non-hydrogen) atoms. The van der Waals surface area contributed by atoms with Gasteiger partial charge >= 0.3 is 0 Å². The van der Waals surface area contributed by atoms with Crippen LogP contribution < -0.4 is 5.32 Å². The molecule has 1 aromatic heterocycles. The molecular formula is C28H35F3N6. The Morgan fingerprint density at radius 1 is 1.24 bits per heavy atom. The summed E-state index contributed by atoms with van der Waals surface area (Å²) in [6.07, 6.45) is 4.47. The van der Waals surface area contributed by atoms with E-state index in [1.54, 1.807) is 12.1 Å². The zero-order valence-corrected chi connectivity index (χ0v) is 21.6. The van der Waals surface area contributed by atoms with Gasteiger partial charge in [0.2, 0.25) is 0 Å². The Morgan fingerprint density at radius 3 is 2.81 bits per heavy atom. The highest BCUT2D eigenvalue weighted by Crippen LogP contribution is 2.46. The van der Waals surface area contributed by atoms with Gasteiger partial charge in [-0.15, -0.1) is 5.10 Å². The second kappa shape index (κ2) is 11.4. The van der Waals surface area contributed by atoms with E-state index in [9.17, 15) is 13.2 Å². The van der Waals surface area contributed by atoms with Crippen molar-refractivity contribution >= 4 is 29.1 Å². The lowest BCUT2D eigenvalue weighted by Gasteiger charge is -2.28. The summed E-state index contributed by atoms with van der Waals surface area (Å²) in [5, 5.41) is 11.7. The van der Waals surface area contributed by atoms with Gasteiger partial charge in [-0.3, -0.25) is 9.98 Å². The van der Waals surface area contributed by atoms with Gasteiger partial charge in [0, 0.05) is 25.2 Å². The van der Waals surface area contributed by atoms with Crippen LogP contribution in [0.5, 0.6) is 0 Å². The molecule has 1 N–H and O–H groups in total. The number of hydrogen-bond donors (Lipinski definition) is 1. The summed E-state index contributed by atoms with van der Waals surface area (Å²) < 4.78 is 44.9. The third-order valence-electron chi connectivity index (χ3n) is 7.44. The fourth-order valence-corrected chi connectivity index (χ4v) is 5.43. The monoisotopic (exact) mass is 512 g/mol. The smallest absolute Gasteiger partial charge is 0.287 e. The molecule has 0 amide bonds. The number of fused-ring (bicyclic) bond motifs is 1. The van der Waals surface area contributed by atoms with Crippen LogP contribution in [0.4, 0.5) is 18.9 Å². The highest BCUT2D eigenvalue weighted by molar-refractivity contribution is 5.93. The molecule has 1 saturated carbocycles. The number of anilines is 1. The minimum absolute atomic E-state index is 0.0923. The van der Waals surface area contributed by atoms with Gasteiger partial charge in [0.25, 0.3) is 5.92 Å². The van der Waals surface area contributed by atoms with Crippen LogP contribution >= 0.6 is 0 Å². The van der Waals surface area contributed by atoms with E-state index in [4.69, 9.17) is 0 Å². The molecule has 6 nitrogen and oxygen atoms in total. The third-order valence-corrected chi connectivity index (χ3v) is 7.44. The highest BCUT2D eigenvalue weighted by Gasteiger charge is 2.40. The average Bonchev–Trinajstić information content (AvgIpc) is 3.51. The molecule has 2 unspecified atom stereocenters. The number of nitrogens with one attached hydrogen (secondary N) is 1. The molecule has 2 atom stereocenters. The minimum Gasteiger partial charge on any atom is -0.385 e. The van der Waals surface area contributed by atoms with Crippen molar-refractivity contribution in [3.63, 3.8) is 0 Å². The SMILES string of the molecule is C=NCC(=NCC1(CCC)CCC(CNc2ccc(F)c(-n3nnc4ccccc43)c2)C1)C(F)(F)CC. The van der Waals surface area contributed by atoms with E-state index in [-0.39, 0.29) is 29.9 Å². The van der Waals surface area contributed by atoms with Crippen molar-refractivity contribution < 1.29 is 13.2 Å². The summed E-state index contributed by atoms with van der Waals surface area (Å²) in [5.74, 6) is -2.96. The van der Waals surface area contributed by atoms with E-state index in [2.05, 4.69) is 39.3 Å². The lowest BCUT2D eigenvalue weighted by atomic mass is 9.81. The van der Waals surface area contributed by atoms with Crippen LogP contribution in [0, 0.1) is 17.2 Å². The van der Waals surface area contributed by atoms with Crippen molar-refractivity contribution in [1.29, 1.82) is 0 Å². The van der Waals surface area contributed by atoms with Crippen molar-refractivity contribution in [2.75, 3.05) is 25.0 Å². The number of aliphatic imine (C=N–C) groups is 2. The van der Waals surface area contributed by atoms with Gasteiger partial charge in [-0.25, -0.2) is 9.07 Å². The summed E-state index contributed by atoms with van der Waals surface area (Å²) >= 11 is 0. The van der Waals surface area contributed by atoms with Gasteiger partial charge in [0.15, 0.2) is 0 Å². The van der Waals surface area contributed by atoms with Gasteiger partial charge in [-0.2, -0.15) is 8.78 Å². The Morgan fingerprint density at radius 2 is 2.05 bits per heavy atom. The van der Waals surface area contributed by atoms with Crippen LogP contribution in [0.15, 0.2) is 52.4 Å². The van der Waals surface area contributed by atoms with E-state index >= 15 is 0 Å². The number of hydrogen-bond acceptors (Lipinski definition) is 5. The Balaban J connectivity index is 1.45. The number of para-hydroxylation sites is 1. The summed E-state index contributed by atoms with van der Waals surface area (Å²) in [6.45, 7) is 7.93. The fraction of sp³-hybridized carbons (Fsp3) is 0.500. The zero-order valence-electron chi connectivity index (χ0n) is 21.6. The Hall–Kier alpha value is -3.23. The number of halogens is 3. The van der Waals surface area contributed by atoms with Crippen molar-refractivity contribution in [3.05, 3.63) is 48.3 Å². The van der Waals surface area contributed by atoms with Gasteiger partial charge in [0.1, 0.15) is 22.7 Å². The first kappa shape index (κ1) is 26.8. The van der Waals surface area contributed by atoms with Crippen LogP contribution in [0.1, 0.15) is 52.4 Å². The van der Waals surface area contributed by atoms with E-state index in [1.807, 2.05) is 24.3 Å². The van der Waals surface area contributed by atoms with Gasteiger partial charge in [-0.05, 0) is 74.1 Å². The molecule has 9 heteroatoms. The quantitative estimate of drug-likeness (QED) is 0.273. The number of rotatable bonds is 12. The maximum atomic E-state index is 14.7. The van der Waals surface area contributed by atoms with Gasteiger partial charge < -0.3 is 5.32 Å². The van der Waals surface area contributed by atoms with Crippen LogP contribution in [-0.2, 0) is 0 Å². The predicted octanol–water partition coefficient (Wildman–Crippen LogP) is 6.75. The topological polar surface area (TPSA) is 67.5 Å². The molecule has 0 saturated heterocycles. The molecule has 1 heterocycles. The van der Waals surface area contributed by atoms with Crippen molar-refractivity contribution in [2.45, 2.75) is 58.3 Å². The van der Waals surface area contributed by atoms with Crippen LogP contribution in [-0.4, -0.2) is 53.0 Å². The summed E-state index contributed by atoms with van der Waals surface area (Å²) in [7, 11) is 0. The van der Waals surface area contributed by atoms with Gasteiger partial charge in [-0.1, -0.05) is 37.6 Å². The molecule has 1 fully saturated rings. The van der Waals surface area contributed by atoms with Crippen LogP contribution in [0.2, 0.25) is 0 Å². The summed E-state index contributed by atoms with van der Waals surface area (Å²) in [6, 6.07) is 12.3. The second-order valence-electron chi connectivity index (χ2n) is 10.1. The Labute approximate surface area is 216 Å². The Bertz CT molecular complexity index is 1250. The molecule has 0 bridgehead atoms. The maximum Gasteiger partial charge on any atom is 0.287 e. The van der Waals surface area contributed by atoms with E-state index in [0.717, 1.165) is 43.3 Å². The van der Waals surface area contributed by atoms with Crippen LogP contribution in [0.25, 0.3) is 16.7 Å². The number of nitrogens with zero attached hydrogens (tertiary/aromatic N) is 5. The molecule has 4 rings (SSSR count). The maximum absolute atomic E-state index is 14.7. The standard InChI is InChI=1S/C28H35F3N6/c1-4-13-27(19-34-26(18-32-3)28(30,31)5-2)14-12-20(16-27)17-33-21-10-11-22(29)25(15-21)37-24-9-7-6-8-23(24)35-36-37/h6-11,15,20,33H,3-5,12-14,16-19H2,1-2H3. The van der Waals surface area contributed by atoms with E-state index in [0.29, 0.717) is 30.2 Å². The molecule has 198 valence electrons. The normalized spacial score (nSPS) is 20.5. The first-order valence-electron chi connectivity index (χ1n) is 13.0. The first-order valence-corrected chi connectivity index (χ1v) is 13.0. The fourth-order valence-electron chi connectivity index (χ4n) is 5.43. The molecule has 0 radical (unpaired) electrons. The molecule has 0 aliphatic heterocycles. The summed E-state index contributed by atoms with van der Waals surface area (Å²) in [4.78, 5) is 8.09.